The normalized spacial score (nSPS) is 14.1. The Bertz CT molecular complexity index is 5130. The quantitative estimate of drug-likeness (QED) is 0.00979. The number of hydrogen-bond acceptors (Lipinski definition) is 14. The van der Waals surface area contributed by atoms with Crippen molar-refractivity contribution in [2.75, 3.05) is 19.7 Å². The summed E-state index contributed by atoms with van der Waals surface area (Å²) in [6.45, 7) is 15.0. The largest absolute Gasteiger partial charge is 0.487 e. The highest BCUT2D eigenvalue weighted by Gasteiger charge is 2.41. The zero-order chi connectivity index (χ0) is 79.7. The van der Waals surface area contributed by atoms with E-state index in [0.717, 1.165) is 44.5 Å². The van der Waals surface area contributed by atoms with Crippen LogP contribution in [0.25, 0.3) is 22.0 Å². The Labute approximate surface area is 652 Å². The minimum absolute atomic E-state index is 0.0224. The molecule has 0 saturated heterocycles. The van der Waals surface area contributed by atoms with Crippen molar-refractivity contribution in [3.8, 4) is 16.9 Å². The van der Waals surface area contributed by atoms with Gasteiger partial charge in [-0.2, -0.15) is 0 Å². The number of ether oxygens (including phenoxy) is 3. The number of alkyl carbamates (subject to hydrolysis) is 1. The predicted octanol–water partition coefficient (Wildman–Crippen LogP) is 11.9. The van der Waals surface area contributed by atoms with Crippen LogP contribution in [0.15, 0.2) is 218 Å². The summed E-state index contributed by atoms with van der Waals surface area (Å²) in [5.41, 5.74) is 8.55. The molecule has 24 heteroatoms. The molecule has 4 atom stereocenters. The van der Waals surface area contributed by atoms with E-state index in [-0.39, 0.29) is 61.9 Å². The molecule has 10 aromatic rings. The number of sulfonamides is 1. The number of amides is 5. The van der Waals surface area contributed by atoms with Gasteiger partial charge in [-0.25, -0.2) is 27.7 Å². The third kappa shape index (κ3) is 18.0. The Hall–Kier alpha value is -12.2. The number of carbonyl (C=O) groups is 7. The molecular weight excluding hydrogens is 1440 g/mol. The molecular formula is C88H95N11O12S. The van der Waals surface area contributed by atoms with E-state index in [1.807, 2.05) is 171 Å². The number of ketones is 1. The lowest BCUT2D eigenvalue weighted by atomic mass is 9.77. The maximum absolute atomic E-state index is 15.7. The summed E-state index contributed by atoms with van der Waals surface area (Å²) in [5.74, 6) is -4.03. The number of nitrogens with one attached hydrogen (secondary N) is 8. The fourth-order valence-corrected chi connectivity index (χ4v) is 16.6. The maximum atomic E-state index is 15.7. The SMILES string of the molecule is CC(=O)CNC(=O)C(Cc1cn(C(=O)OC(C)(C)C)c2ccccc12)NC(=O)C(CCCNC(=N)NS(=O)(=O)c1c(C)c(C)c2c(c1C)CCC(C)(C)O2)NC(=O)[C@@H](Cc1ccccc1)NC(=O)C(Cc1cn(C(c2ccccc2)(c2ccccc2)c2ccccc2)cn1)NC(=O)OCC1c2ccccc2-c2ccccc21. The van der Waals surface area contributed by atoms with Crippen LogP contribution in [0.4, 0.5) is 9.59 Å². The predicted molar refractivity (Wildman–Crippen MR) is 428 cm³/mol. The minimum atomic E-state index is -4.38. The van der Waals surface area contributed by atoms with Gasteiger partial charge in [-0.15, -0.1) is 0 Å². The topological polar surface area (TPSA) is 312 Å². The second-order valence-corrected chi connectivity index (χ2v) is 31.9. The highest BCUT2D eigenvalue weighted by molar-refractivity contribution is 7.90. The standard InChI is InChI=1S/C88H95N11O12S/c1-55(100)50-91-79(101)74(48-60-51-99(85(106)111-86(5,6)7)76-43-27-26-37-66(60)76)95-80(102)72(42-28-46-90-83(89)97-112(107,108)78-57(3)56(2)77-65(58(78)4)44-45-87(8,9)110-77)93-81(103)73(47-59-29-14-10-15-30-59)94-82(104)75(96-84(105)109-53-71-69-40-24-22-38-67(69)68-39-23-25-41-70(68)71)49-64-52-98(54-92-64)88(61-31-16-11-17-32-61,62-33-18-12-19-34-62)63-35-20-13-21-36-63/h10-27,29-41,43,51-52,54,71-75H,28,42,44-50,53H2,1-9H3,(H,91,101)(H,93,103)(H,94,104)(H,95,102)(H,96,105)(H3,89,90,97)/t72?,73-,74?,75?/m1/s1. The monoisotopic (exact) mass is 1530 g/mol. The fourth-order valence-electron chi connectivity index (χ4n) is 15.1. The van der Waals surface area contributed by atoms with E-state index < -0.39 is 99.3 Å². The lowest BCUT2D eigenvalue weighted by Gasteiger charge is -2.37. The number of guanidine groups is 1. The molecule has 5 amide bonds. The van der Waals surface area contributed by atoms with Crippen molar-refractivity contribution in [1.82, 2.24) is 50.7 Å². The number of benzene rings is 8. The van der Waals surface area contributed by atoms with Crippen LogP contribution in [0.3, 0.4) is 0 Å². The van der Waals surface area contributed by atoms with Gasteiger partial charge in [0.1, 0.15) is 59.0 Å². The van der Waals surface area contributed by atoms with Crippen LogP contribution in [0.1, 0.15) is 134 Å². The van der Waals surface area contributed by atoms with Crippen LogP contribution in [-0.2, 0) is 74.7 Å². The van der Waals surface area contributed by atoms with Crippen molar-refractivity contribution in [3.63, 3.8) is 0 Å². The number of imidazole rings is 1. The van der Waals surface area contributed by atoms with Gasteiger partial charge >= 0.3 is 12.2 Å². The molecule has 0 spiro atoms. The van der Waals surface area contributed by atoms with E-state index in [1.165, 1.54) is 17.7 Å². The number of nitrogens with zero attached hydrogens (tertiary/aromatic N) is 3. The first kappa shape index (κ1) is 79.4. The molecule has 0 radical (unpaired) electrons. The maximum Gasteiger partial charge on any atom is 0.419 e. The van der Waals surface area contributed by atoms with Crippen molar-refractivity contribution in [3.05, 3.63) is 280 Å². The summed E-state index contributed by atoms with van der Waals surface area (Å²) in [6, 6.07) is 55.4. The number of fused-ring (bicyclic) bond motifs is 5. The summed E-state index contributed by atoms with van der Waals surface area (Å²) in [6.07, 6.45) is 3.76. The van der Waals surface area contributed by atoms with Crippen LogP contribution in [0.5, 0.6) is 5.75 Å². The molecule has 0 saturated carbocycles. The smallest absolute Gasteiger partial charge is 0.419 e. The molecule has 23 nitrogen and oxygen atoms in total. The third-order valence-corrected chi connectivity index (χ3v) is 22.2. The number of hydrogen-bond donors (Lipinski definition) is 8. The van der Waals surface area contributed by atoms with E-state index >= 15 is 14.4 Å². The zero-order valence-electron chi connectivity index (χ0n) is 64.3. The van der Waals surface area contributed by atoms with Gasteiger partial charge in [0.05, 0.1) is 29.0 Å². The second kappa shape index (κ2) is 34.0. The summed E-state index contributed by atoms with van der Waals surface area (Å²) in [5, 5.41) is 26.4. The number of aromatic nitrogens is 3. The summed E-state index contributed by atoms with van der Waals surface area (Å²) < 4.78 is 52.6. The molecule has 1 aliphatic heterocycles. The number of para-hydroxylation sites is 1. The van der Waals surface area contributed by atoms with Crippen LogP contribution in [0.2, 0.25) is 0 Å². The van der Waals surface area contributed by atoms with Crippen LogP contribution >= 0.6 is 0 Å². The van der Waals surface area contributed by atoms with E-state index in [2.05, 4.69) is 36.6 Å². The highest BCUT2D eigenvalue weighted by Crippen LogP contribution is 2.46. The van der Waals surface area contributed by atoms with Crippen molar-refractivity contribution in [1.29, 1.82) is 5.41 Å². The van der Waals surface area contributed by atoms with Gasteiger partial charge in [-0.05, 0) is 166 Å². The van der Waals surface area contributed by atoms with Gasteiger partial charge in [0.15, 0.2) is 0 Å². The molecule has 8 aromatic carbocycles. The van der Waals surface area contributed by atoms with E-state index in [9.17, 15) is 27.6 Å². The highest BCUT2D eigenvalue weighted by atomic mass is 32.2. The van der Waals surface area contributed by atoms with E-state index in [0.29, 0.717) is 63.0 Å². The van der Waals surface area contributed by atoms with Crippen molar-refractivity contribution < 1.29 is 56.2 Å². The number of Topliss-reactive ketones (excluding diaryl/α,β-unsaturated/α-hetero) is 1. The minimum Gasteiger partial charge on any atom is -0.487 e. The van der Waals surface area contributed by atoms with Gasteiger partial charge in [-0.3, -0.25) is 33.9 Å². The third-order valence-electron chi connectivity index (χ3n) is 20.6. The molecule has 0 bridgehead atoms. The van der Waals surface area contributed by atoms with Gasteiger partial charge in [0, 0.05) is 49.5 Å². The van der Waals surface area contributed by atoms with Crippen molar-refractivity contribution in [2.24, 2.45) is 0 Å². The van der Waals surface area contributed by atoms with Gasteiger partial charge < -0.3 is 50.7 Å². The fraction of sp³-hybridized carbons (Fsp3) is 0.307. The van der Waals surface area contributed by atoms with Gasteiger partial charge in [0.2, 0.25) is 29.6 Å². The molecule has 1 aliphatic carbocycles. The molecule has 3 unspecified atom stereocenters. The number of carbonyl (C=O) groups excluding carboxylic acids is 7. The van der Waals surface area contributed by atoms with Gasteiger partial charge in [0.25, 0.3) is 10.0 Å². The van der Waals surface area contributed by atoms with E-state index in [4.69, 9.17) is 24.6 Å². The molecule has 112 heavy (non-hydrogen) atoms. The zero-order valence-corrected chi connectivity index (χ0v) is 65.1. The first-order valence-corrected chi connectivity index (χ1v) is 39.1. The molecule has 2 aliphatic rings. The Morgan fingerprint density at radius 1 is 0.616 bits per heavy atom. The first-order valence-electron chi connectivity index (χ1n) is 37.6. The molecule has 2 aromatic heterocycles. The summed E-state index contributed by atoms with van der Waals surface area (Å²) in [7, 11) is -4.38. The molecule has 3 heterocycles. The first-order chi connectivity index (χ1) is 53.6. The molecule has 0 fully saturated rings. The average Bonchev–Trinajstić information content (AvgIpc) is 1.24. The van der Waals surface area contributed by atoms with Crippen LogP contribution in [0, 0.1) is 26.2 Å². The average molecular weight is 1530 g/mol. The number of rotatable bonds is 28. The van der Waals surface area contributed by atoms with Crippen LogP contribution < -0.4 is 41.4 Å². The van der Waals surface area contributed by atoms with E-state index in [1.54, 1.807) is 95.5 Å². The van der Waals surface area contributed by atoms with Crippen molar-refractivity contribution >= 4 is 68.5 Å². The van der Waals surface area contributed by atoms with Gasteiger partial charge in [-0.1, -0.05) is 188 Å². The van der Waals surface area contributed by atoms with Crippen molar-refractivity contribution in [2.45, 2.75) is 159 Å². The Morgan fingerprint density at radius 3 is 1.73 bits per heavy atom. The Balaban J connectivity index is 0.866. The lowest BCUT2D eigenvalue weighted by Crippen LogP contribution is -2.59. The van der Waals surface area contributed by atoms with Crippen LogP contribution in [-0.4, -0.2) is 125 Å². The molecule has 580 valence electrons. The molecule has 12 rings (SSSR count). The molecule has 8 N–H and O–H groups in total. The second-order valence-electron chi connectivity index (χ2n) is 30.2. The Kier molecular flexibility index (Phi) is 24.1. The summed E-state index contributed by atoms with van der Waals surface area (Å²) in [4.78, 5) is 107. The Morgan fingerprint density at radius 2 is 1.14 bits per heavy atom. The lowest BCUT2D eigenvalue weighted by molar-refractivity contribution is -0.134. The summed E-state index contributed by atoms with van der Waals surface area (Å²) >= 11 is 0.